The summed E-state index contributed by atoms with van der Waals surface area (Å²) in [6, 6.07) is 20.1. The summed E-state index contributed by atoms with van der Waals surface area (Å²) in [5.41, 5.74) is 5.07. The fourth-order valence-electron chi connectivity index (χ4n) is 3.76. The van der Waals surface area contributed by atoms with Crippen molar-refractivity contribution in [1.82, 2.24) is 0 Å². The highest BCUT2D eigenvalue weighted by Crippen LogP contribution is 2.63. The van der Waals surface area contributed by atoms with E-state index in [4.69, 9.17) is 0 Å². The molecule has 0 bridgehead atoms. The van der Waals surface area contributed by atoms with Crippen molar-refractivity contribution in [1.29, 1.82) is 0 Å². The zero-order chi connectivity index (χ0) is 11.3. The molecule has 84 valence electrons. The molecule has 2 atom stereocenters. The zero-order valence-electron chi connectivity index (χ0n) is 9.89. The average molecular weight is 220 g/mol. The SMILES string of the molecule is c1ccc([C@]23C[C@H]2CCc2ccccc23)cc1. The summed E-state index contributed by atoms with van der Waals surface area (Å²) in [4.78, 5) is 0. The van der Waals surface area contributed by atoms with Crippen LogP contribution in [0.2, 0.25) is 0 Å². The molecular formula is C17H16. The van der Waals surface area contributed by atoms with Crippen LogP contribution in [0.25, 0.3) is 0 Å². The average Bonchev–Trinajstić information content (AvgIpc) is 3.16. The second kappa shape index (κ2) is 3.22. The molecule has 2 aliphatic carbocycles. The van der Waals surface area contributed by atoms with Crippen molar-refractivity contribution in [3.63, 3.8) is 0 Å². The standard InChI is InChI=1S/C17H16/c1-2-7-14(8-3-1)17-12-15(17)11-10-13-6-4-5-9-16(13)17/h1-9,15H,10-12H2/t15-,17-/m1/s1. The van der Waals surface area contributed by atoms with Crippen molar-refractivity contribution in [3.05, 3.63) is 71.3 Å². The maximum absolute atomic E-state index is 2.35. The zero-order valence-corrected chi connectivity index (χ0v) is 9.89. The van der Waals surface area contributed by atoms with Crippen LogP contribution in [0.4, 0.5) is 0 Å². The minimum absolute atomic E-state index is 0.371. The molecular weight excluding hydrogens is 204 g/mol. The lowest BCUT2D eigenvalue weighted by molar-refractivity contribution is 0.596. The van der Waals surface area contributed by atoms with Gasteiger partial charge in [0.2, 0.25) is 0 Å². The van der Waals surface area contributed by atoms with Crippen molar-refractivity contribution in [2.24, 2.45) is 5.92 Å². The van der Waals surface area contributed by atoms with Gasteiger partial charge < -0.3 is 0 Å². The Bertz CT molecular complexity index is 555. The van der Waals surface area contributed by atoms with Crippen LogP contribution < -0.4 is 0 Å². The van der Waals surface area contributed by atoms with E-state index in [2.05, 4.69) is 54.6 Å². The van der Waals surface area contributed by atoms with Crippen LogP contribution >= 0.6 is 0 Å². The van der Waals surface area contributed by atoms with Crippen LogP contribution in [0, 0.1) is 5.92 Å². The molecule has 0 heterocycles. The molecule has 0 spiro atoms. The van der Waals surface area contributed by atoms with Gasteiger partial charge in [0, 0.05) is 5.41 Å². The third-order valence-electron chi connectivity index (χ3n) is 4.65. The van der Waals surface area contributed by atoms with Gasteiger partial charge in [-0.3, -0.25) is 0 Å². The molecule has 0 aromatic heterocycles. The monoisotopic (exact) mass is 220 g/mol. The molecule has 17 heavy (non-hydrogen) atoms. The van der Waals surface area contributed by atoms with E-state index in [1.807, 2.05) is 0 Å². The summed E-state index contributed by atoms with van der Waals surface area (Å²) in [6.45, 7) is 0. The van der Waals surface area contributed by atoms with Crippen LogP contribution in [0.3, 0.4) is 0 Å². The highest BCUT2D eigenvalue weighted by atomic mass is 14.6. The molecule has 0 saturated heterocycles. The number of benzene rings is 2. The van der Waals surface area contributed by atoms with Crippen molar-refractivity contribution >= 4 is 0 Å². The minimum Gasteiger partial charge on any atom is -0.0622 e. The predicted molar refractivity (Wildman–Crippen MR) is 70.1 cm³/mol. The Morgan fingerprint density at radius 3 is 2.53 bits per heavy atom. The molecule has 4 rings (SSSR count). The van der Waals surface area contributed by atoms with E-state index in [9.17, 15) is 0 Å². The topological polar surface area (TPSA) is 0 Å². The van der Waals surface area contributed by atoms with Crippen molar-refractivity contribution < 1.29 is 0 Å². The second-order valence-corrected chi connectivity index (χ2v) is 5.43. The number of fused-ring (bicyclic) bond motifs is 3. The van der Waals surface area contributed by atoms with E-state index in [1.54, 1.807) is 11.1 Å². The first-order valence-corrected chi connectivity index (χ1v) is 6.55. The van der Waals surface area contributed by atoms with E-state index < -0.39 is 0 Å². The third kappa shape index (κ3) is 1.18. The van der Waals surface area contributed by atoms with Gasteiger partial charge in [-0.2, -0.15) is 0 Å². The molecule has 0 nitrogen and oxygen atoms in total. The third-order valence-corrected chi connectivity index (χ3v) is 4.65. The fraction of sp³-hybridized carbons (Fsp3) is 0.294. The maximum Gasteiger partial charge on any atom is 0.0237 e. The van der Waals surface area contributed by atoms with Crippen LogP contribution in [0.15, 0.2) is 54.6 Å². The lowest BCUT2D eigenvalue weighted by atomic mass is 9.78. The van der Waals surface area contributed by atoms with E-state index in [0.717, 1.165) is 5.92 Å². The Morgan fingerprint density at radius 2 is 1.65 bits per heavy atom. The van der Waals surface area contributed by atoms with Crippen LogP contribution in [-0.4, -0.2) is 0 Å². The van der Waals surface area contributed by atoms with Gasteiger partial charge in [-0.25, -0.2) is 0 Å². The summed E-state index contributed by atoms with van der Waals surface area (Å²) in [5.74, 6) is 0.889. The molecule has 0 unspecified atom stereocenters. The van der Waals surface area contributed by atoms with Gasteiger partial charge >= 0.3 is 0 Å². The molecule has 0 aliphatic heterocycles. The molecule has 1 saturated carbocycles. The van der Waals surface area contributed by atoms with E-state index in [0.29, 0.717) is 5.41 Å². The quantitative estimate of drug-likeness (QED) is 0.683. The molecule has 1 fully saturated rings. The van der Waals surface area contributed by atoms with Gasteiger partial charge in [-0.15, -0.1) is 0 Å². The largest absolute Gasteiger partial charge is 0.0622 e. The molecule has 0 N–H and O–H groups in total. The van der Waals surface area contributed by atoms with Crippen molar-refractivity contribution in [2.45, 2.75) is 24.7 Å². The van der Waals surface area contributed by atoms with Gasteiger partial charge in [0.05, 0.1) is 0 Å². The Balaban J connectivity index is 1.92. The summed E-state index contributed by atoms with van der Waals surface area (Å²) < 4.78 is 0. The smallest absolute Gasteiger partial charge is 0.0237 e. The molecule has 2 aromatic rings. The number of hydrogen-bond donors (Lipinski definition) is 0. The summed E-state index contributed by atoms with van der Waals surface area (Å²) in [5, 5.41) is 0. The van der Waals surface area contributed by atoms with E-state index in [1.165, 1.54) is 24.8 Å². The maximum atomic E-state index is 2.35. The van der Waals surface area contributed by atoms with E-state index in [-0.39, 0.29) is 0 Å². The minimum atomic E-state index is 0.371. The lowest BCUT2D eigenvalue weighted by Gasteiger charge is -2.26. The summed E-state index contributed by atoms with van der Waals surface area (Å²) in [7, 11) is 0. The van der Waals surface area contributed by atoms with Crippen molar-refractivity contribution in [3.8, 4) is 0 Å². The summed E-state index contributed by atoms with van der Waals surface area (Å²) in [6.07, 6.45) is 4.00. The molecule has 0 heteroatoms. The molecule has 2 aromatic carbocycles. The van der Waals surface area contributed by atoms with Gasteiger partial charge in [0.15, 0.2) is 0 Å². The lowest BCUT2D eigenvalue weighted by Crippen LogP contribution is -2.19. The van der Waals surface area contributed by atoms with Gasteiger partial charge in [0.1, 0.15) is 0 Å². The van der Waals surface area contributed by atoms with Crippen LogP contribution in [-0.2, 0) is 11.8 Å². The van der Waals surface area contributed by atoms with Crippen LogP contribution in [0.5, 0.6) is 0 Å². The normalized spacial score (nSPS) is 29.3. The van der Waals surface area contributed by atoms with Crippen LogP contribution in [0.1, 0.15) is 29.5 Å². The Labute approximate surface area is 102 Å². The Hall–Kier alpha value is -1.56. The first-order valence-electron chi connectivity index (χ1n) is 6.55. The first-order chi connectivity index (χ1) is 8.41. The fourth-order valence-corrected chi connectivity index (χ4v) is 3.76. The highest BCUT2D eigenvalue weighted by Gasteiger charge is 2.58. The van der Waals surface area contributed by atoms with Gasteiger partial charge in [-0.1, -0.05) is 54.6 Å². The van der Waals surface area contributed by atoms with Gasteiger partial charge in [-0.05, 0) is 41.9 Å². The molecule has 0 amide bonds. The number of hydrogen-bond acceptors (Lipinski definition) is 0. The first kappa shape index (κ1) is 9.47. The van der Waals surface area contributed by atoms with E-state index >= 15 is 0 Å². The van der Waals surface area contributed by atoms with Crippen molar-refractivity contribution in [2.75, 3.05) is 0 Å². The molecule has 0 radical (unpaired) electrons. The predicted octanol–water partition coefficient (Wildman–Crippen LogP) is 3.94. The Kier molecular flexibility index (Phi) is 1.80. The Morgan fingerprint density at radius 1 is 0.882 bits per heavy atom. The second-order valence-electron chi connectivity index (χ2n) is 5.43. The molecule has 2 aliphatic rings. The number of aryl methyl sites for hydroxylation is 1. The highest BCUT2D eigenvalue weighted by molar-refractivity contribution is 5.52. The van der Waals surface area contributed by atoms with Gasteiger partial charge in [0.25, 0.3) is 0 Å². The number of rotatable bonds is 1. The summed E-state index contributed by atoms with van der Waals surface area (Å²) >= 11 is 0.